The third-order valence-electron chi connectivity index (χ3n) is 13.8. The first-order valence-corrected chi connectivity index (χ1v) is 31.9. The Morgan fingerprint density at radius 2 is 0.877 bits per heavy atom. The summed E-state index contributed by atoms with van der Waals surface area (Å²) in [6.45, 7) is 6.74. The molecule has 0 N–H and O–H groups in total. The maximum atomic E-state index is 15.3. The normalized spacial score (nSPS) is 15.2. The minimum absolute atomic E-state index is 0.0110. The Hall–Kier alpha value is -5.89. The molecular formula is C58H68F10O11Si2. The van der Waals surface area contributed by atoms with E-state index in [1.807, 2.05) is 13.8 Å². The van der Waals surface area contributed by atoms with Gasteiger partial charge in [-0.1, -0.05) is 63.8 Å². The number of fused-ring (bicyclic) bond motifs is 2. The van der Waals surface area contributed by atoms with Crippen LogP contribution in [0.25, 0.3) is 44.2 Å². The van der Waals surface area contributed by atoms with Gasteiger partial charge >= 0.3 is 41.1 Å². The largest absolute Gasteiger partial charge is 0.573 e. The lowest BCUT2D eigenvalue weighted by Gasteiger charge is -2.36. The number of rotatable bonds is 32. The molecular weight excluding hydrogens is 1120 g/mol. The molecule has 0 spiro atoms. The minimum Gasteiger partial charge on any atom is -0.493 e. The van der Waals surface area contributed by atoms with Crippen molar-refractivity contribution in [3.8, 4) is 45.3 Å². The van der Waals surface area contributed by atoms with Crippen LogP contribution in [-0.4, -0.2) is 82.0 Å². The first kappa shape index (κ1) is 64.3. The predicted octanol–water partition coefficient (Wildman–Crippen LogP) is 16.3. The minimum atomic E-state index is -5.01. The second kappa shape index (κ2) is 28.9. The topological polar surface area (TPSA) is 125 Å². The molecule has 6 unspecified atom stereocenters. The molecule has 4 aromatic carbocycles. The Kier molecular flexibility index (Phi) is 22.9. The van der Waals surface area contributed by atoms with Crippen molar-refractivity contribution < 1.29 is 84.7 Å². The van der Waals surface area contributed by atoms with Crippen LogP contribution >= 0.6 is 0 Å². The molecule has 0 saturated carbocycles. The monoisotopic (exact) mass is 1190 g/mol. The van der Waals surface area contributed by atoms with E-state index >= 15 is 17.6 Å². The van der Waals surface area contributed by atoms with Crippen molar-refractivity contribution in [1.82, 2.24) is 0 Å². The van der Waals surface area contributed by atoms with Crippen LogP contribution in [0, 0.1) is 0 Å². The molecule has 6 atom stereocenters. The number of aryl methyl sites for hydroxylation is 2. The average molecular weight is 1190 g/mol. The van der Waals surface area contributed by atoms with Crippen LogP contribution in [0.15, 0.2) is 103 Å². The van der Waals surface area contributed by atoms with Gasteiger partial charge in [-0.25, -0.2) is 27.2 Å². The SMILES string of the molecule is CCCCCc1ccc(-c2cc3ccc(OCCC(F)C(F)CC[Si](C)(OC)O[Si](C)(CCC(F)C(F)CCOc4ccc5cc(-c6ccc(CCCCC)cc6OC(F)(F)F)c(=O)oc5c4)OC)cc3oc2=O)c(OC(F)(F)F)c1. The molecule has 0 aliphatic heterocycles. The van der Waals surface area contributed by atoms with Gasteiger partial charge in [-0.3, -0.25) is 0 Å². The summed E-state index contributed by atoms with van der Waals surface area (Å²) < 4.78 is 190. The predicted molar refractivity (Wildman–Crippen MR) is 293 cm³/mol. The van der Waals surface area contributed by atoms with Gasteiger partial charge in [0, 0.05) is 61.1 Å². The van der Waals surface area contributed by atoms with Crippen LogP contribution < -0.4 is 30.2 Å². The summed E-state index contributed by atoms with van der Waals surface area (Å²) in [4.78, 5) is 26.3. The van der Waals surface area contributed by atoms with Gasteiger partial charge in [-0.15, -0.1) is 26.3 Å². The number of hydrogen-bond donors (Lipinski definition) is 0. The van der Waals surface area contributed by atoms with Crippen molar-refractivity contribution in [1.29, 1.82) is 0 Å². The lowest BCUT2D eigenvalue weighted by Crippen LogP contribution is -2.51. The van der Waals surface area contributed by atoms with Crippen LogP contribution in [0.2, 0.25) is 25.2 Å². The van der Waals surface area contributed by atoms with Crippen LogP contribution in [-0.2, 0) is 25.8 Å². The standard InChI is InChI=1S/C58H68F10O11Si2/c1-7-9-11-13-37-15-21-43(53(31-37)77-57(63,64)65)45-33-39-17-19-41(35-51(39)75-55(45)69)73-27-23-47(59)49(61)25-29-80(5,71-3)79-81(6,72-4)30-26-50(62)48(60)24-28-74-42-20-18-40-34-46(56(70)76-52(40)36-42)44-22-16-38(14-12-10-8-2)32-54(44)78-58(66,67)68/h15-22,31-36,47-50H,7-14,23-30H2,1-6H3. The highest BCUT2D eigenvalue weighted by Gasteiger charge is 2.44. The fourth-order valence-corrected chi connectivity index (χ4v) is 16.3. The van der Waals surface area contributed by atoms with Gasteiger partial charge in [-0.2, -0.15) is 0 Å². The number of ether oxygens (including phenoxy) is 4. The van der Waals surface area contributed by atoms with Gasteiger partial charge in [0.15, 0.2) is 0 Å². The molecule has 0 saturated heterocycles. The third kappa shape index (κ3) is 19.1. The van der Waals surface area contributed by atoms with E-state index < -0.39 is 77.3 Å². The van der Waals surface area contributed by atoms with Crippen LogP contribution in [0.3, 0.4) is 0 Å². The number of alkyl halides is 10. The highest BCUT2D eigenvalue weighted by Crippen LogP contribution is 2.38. The molecule has 0 aliphatic carbocycles. The third-order valence-corrected chi connectivity index (χ3v) is 21.4. The van der Waals surface area contributed by atoms with Gasteiger partial charge in [0.05, 0.1) is 24.3 Å². The van der Waals surface area contributed by atoms with Crippen molar-refractivity contribution in [2.75, 3.05) is 27.4 Å². The Balaban J connectivity index is 0.960. The molecule has 23 heteroatoms. The Morgan fingerprint density at radius 1 is 0.494 bits per heavy atom. The first-order valence-electron chi connectivity index (χ1n) is 26.9. The lowest BCUT2D eigenvalue weighted by atomic mass is 10.00. The van der Waals surface area contributed by atoms with Gasteiger partial charge in [0.2, 0.25) is 0 Å². The quantitative estimate of drug-likeness (QED) is 0.0173. The molecule has 0 radical (unpaired) electrons. The van der Waals surface area contributed by atoms with Crippen molar-refractivity contribution >= 4 is 39.1 Å². The smallest absolute Gasteiger partial charge is 0.493 e. The van der Waals surface area contributed by atoms with Gasteiger partial charge in [0.1, 0.15) is 58.9 Å². The van der Waals surface area contributed by atoms with Gasteiger partial charge in [-0.05, 0) is 123 Å². The maximum Gasteiger partial charge on any atom is 0.573 e. The zero-order chi connectivity index (χ0) is 59.1. The van der Waals surface area contributed by atoms with Crippen LogP contribution in [0.4, 0.5) is 43.9 Å². The fourth-order valence-electron chi connectivity index (χ4n) is 9.15. The highest BCUT2D eigenvalue weighted by atomic mass is 28.5. The van der Waals surface area contributed by atoms with Gasteiger partial charge in [0.25, 0.3) is 0 Å². The summed E-state index contributed by atoms with van der Waals surface area (Å²) in [5.41, 5.74) is -1.06. The molecule has 0 aliphatic rings. The van der Waals surface area contributed by atoms with E-state index in [2.05, 4.69) is 9.47 Å². The molecule has 11 nitrogen and oxygen atoms in total. The van der Waals surface area contributed by atoms with E-state index in [0.29, 0.717) is 34.7 Å². The van der Waals surface area contributed by atoms with E-state index in [-0.39, 0.29) is 95.9 Å². The number of unbranched alkanes of at least 4 members (excludes halogenated alkanes) is 4. The van der Waals surface area contributed by atoms with E-state index in [9.17, 15) is 35.9 Å². The lowest BCUT2D eigenvalue weighted by molar-refractivity contribution is -0.275. The highest BCUT2D eigenvalue weighted by molar-refractivity contribution is 6.80. The summed E-state index contributed by atoms with van der Waals surface area (Å²) in [6.07, 6.45) is -13.0. The van der Waals surface area contributed by atoms with E-state index in [1.165, 1.54) is 87.0 Å². The first-order chi connectivity index (χ1) is 38.3. The Morgan fingerprint density at radius 3 is 1.23 bits per heavy atom. The Labute approximate surface area is 465 Å². The zero-order valence-electron chi connectivity index (χ0n) is 46.0. The van der Waals surface area contributed by atoms with Gasteiger partial charge < -0.3 is 40.7 Å². The average Bonchev–Trinajstić information content (AvgIpc) is 3.41. The van der Waals surface area contributed by atoms with Crippen LogP contribution in [0.5, 0.6) is 23.0 Å². The van der Waals surface area contributed by atoms with E-state index in [1.54, 1.807) is 25.2 Å². The van der Waals surface area contributed by atoms with E-state index in [4.69, 9.17) is 31.3 Å². The van der Waals surface area contributed by atoms with Crippen molar-refractivity contribution in [3.63, 3.8) is 0 Å². The summed E-state index contributed by atoms with van der Waals surface area (Å²) in [7, 11) is -3.83. The second-order valence-electron chi connectivity index (χ2n) is 20.2. The molecule has 444 valence electrons. The molecule has 0 amide bonds. The maximum absolute atomic E-state index is 15.3. The molecule has 0 fully saturated rings. The second-order valence-corrected chi connectivity index (χ2v) is 27.3. The van der Waals surface area contributed by atoms with Crippen molar-refractivity contribution in [3.05, 3.63) is 117 Å². The molecule has 2 heterocycles. The van der Waals surface area contributed by atoms with Crippen molar-refractivity contribution in [2.24, 2.45) is 0 Å². The summed E-state index contributed by atoms with van der Waals surface area (Å²) >= 11 is 0. The Bertz CT molecular complexity index is 2920. The summed E-state index contributed by atoms with van der Waals surface area (Å²) in [5, 5.41) is 0.708. The van der Waals surface area contributed by atoms with Crippen LogP contribution in [0.1, 0.15) is 89.2 Å². The van der Waals surface area contributed by atoms with E-state index in [0.717, 1.165) is 38.5 Å². The number of halogens is 10. The molecule has 0 bridgehead atoms. The molecule has 6 rings (SSSR count). The molecule has 6 aromatic rings. The summed E-state index contributed by atoms with van der Waals surface area (Å²) in [5.74, 6) is -0.745. The molecule has 81 heavy (non-hydrogen) atoms. The number of hydrogen-bond acceptors (Lipinski definition) is 11. The molecule has 2 aromatic heterocycles. The fraction of sp³-hybridized carbons (Fsp3) is 0.483. The number of benzene rings is 4. The zero-order valence-corrected chi connectivity index (χ0v) is 48.0. The van der Waals surface area contributed by atoms with Crippen molar-refractivity contribution in [2.45, 2.75) is 153 Å². The summed E-state index contributed by atoms with van der Waals surface area (Å²) in [6, 6.07) is 20.0.